The van der Waals surface area contributed by atoms with Gasteiger partial charge in [0.05, 0.1) is 6.04 Å². The van der Waals surface area contributed by atoms with Crippen LogP contribution in [-0.4, -0.2) is 12.0 Å². The van der Waals surface area contributed by atoms with E-state index in [1.54, 1.807) is 12.1 Å². The topological polar surface area (TPSA) is 38.3 Å². The van der Waals surface area contributed by atoms with E-state index in [0.717, 1.165) is 11.1 Å². The fraction of sp³-hybridized carbons (Fsp3) is 0.381. The Balaban J connectivity index is 2.07. The Bertz CT molecular complexity index is 758. The van der Waals surface area contributed by atoms with Crippen LogP contribution in [0, 0.1) is 20.8 Å². The fourth-order valence-corrected chi connectivity index (χ4v) is 2.99. The van der Waals surface area contributed by atoms with Gasteiger partial charge in [-0.2, -0.15) is 0 Å². The molecule has 0 saturated heterocycles. The van der Waals surface area contributed by atoms with Gasteiger partial charge in [0.1, 0.15) is 5.75 Å². The van der Waals surface area contributed by atoms with Crippen LogP contribution in [0.2, 0.25) is 5.02 Å². The van der Waals surface area contributed by atoms with Crippen LogP contribution in [0.5, 0.6) is 5.75 Å². The third kappa shape index (κ3) is 4.99. The van der Waals surface area contributed by atoms with Crippen molar-refractivity contribution in [2.45, 2.75) is 53.2 Å². The Morgan fingerprint density at radius 2 is 1.84 bits per heavy atom. The maximum absolute atomic E-state index is 12.6. The van der Waals surface area contributed by atoms with Crippen molar-refractivity contribution in [3.8, 4) is 5.75 Å². The summed E-state index contributed by atoms with van der Waals surface area (Å²) in [4.78, 5) is 12.6. The molecule has 134 valence electrons. The van der Waals surface area contributed by atoms with Crippen molar-refractivity contribution in [1.82, 2.24) is 5.32 Å². The first-order chi connectivity index (χ1) is 11.8. The molecular formula is C21H26ClNO2. The normalized spacial score (nSPS) is 13.2. The lowest BCUT2D eigenvalue weighted by molar-refractivity contribution is -0.128. The standard InChI is InChI=1S/C21H26ClNO2/c1-6-20(25-17-8-10-19(22)15(4)12-17)21(24)23-16(5)18-9-7-13(2)11-14(18)3/h7-12,16,20H,6H2,1-5H3,(H,23,24)/t16-,20-/m1/s1. The molecule has 0 radical (unpaired) electrons. The third-order valence-corrected chi connectivity index (χ3v) is 4.75. The molecule has 3 nitrogen and oxygen atoms in total. The molecule has 2 atom stereocenters. The van der Waals surface area contributed by atoms with Gasteiger partial charge in [-0.3, -0.25) is 4.79 Å². The van der Waals surface area contributed by atoms with E-state index < -0.39 is 6.10 Å². The highest BCUT2D eigenvalue weighted by atomic mass is 35.5. The number of carbonyl (C=O) groups is 1. The Hall–Kier alpha value is -2.00. The molecule has 0 spiro atoms. The quantitative estimate of drug-likeness (QED) is 0.760. The highest BCUT2D eigenvalue weighted by Gasteiger charge is 2.21. The average Bonchev–Trinajstić information content (AvgIpc) is 2.55. The van der Waals surface area contributed by atoms with Crippen LogP contribution in [0.25, 0.3) is 0 Å². The second-order valence-electron chi connectivity index (χ2n) is 6.52. The van der Waals surface area contributed by atoms with Gasteiger partial charge in [-0.15, -0.1) is 0 Å². The van der Waals surface area contributed by atoms with E-state index in [1.165, 1.54) is 11.1 Å². The van der Waals surface area contributed by atoms with E-state index in [2.05, 4.69) is 37.4 Å². The molecule has 25 heavy (non-hydrogen) atoms. The Labute approximate surface area is 155 Å². The first kappa shape index (κ1) is 19.3. The van der Waals surface area contributed by atoms with Crippen LogP contribution < -0.4 is 10.1 Å². The number of nitrogens with one attached hydrogen (secondary N) is 1. The van der Waals surface area contributed by atoms with Crippen LogP contribution in [-0.2, 0) is 4.79 Å². The van der Waals surface area contributed by atoms with E-state index in [-0.39, 0.29) is 11.9 Å². The second kappa shape index (κ2) is 8.39. The molecule has 1 N–H and O–H groups in total. The fourth-order valence-electron chi connectivity index (χ4n) is 2.87. The van der Waals surface area contributed by atoms with Crippen LogP contribution >= 0.6 is 11.6 Å². The molecule has 0 unspecified atom stereocenters. The maximum Gasteiger partial charge on any atom is 0.261 e. The lowest BCUT2D eigenvalue weighted by atomic mass is 10.00. The highest BCUT2D eigenvalue weighted by molar-refractivity contribution is 6.31. The smallest absolute Gasteiger partial charge is 0.261 e. The van der Waals surface area contributed by atoms with Crippen molar-refractivity contribution in [2.75, 3.05) is 0 Å². The lowest BCUT2D eigenvalue weighted by Gasteiger charge is -2.22. The number of carbonyl (C=O) groups excluding carboxylic acids is 1. The van der Waals surface area contributed by atoms with Gasteiger partial charge in [0.15, 0.2) is 6.10 Å². The number of hydrogen-bond donors (Lipinski definition) is 1. The van der Waals surface area contributed by atoms with Gasteiger partial charge < -0.3 is 10.1 Å². The molecule has 0 aliphatic carbocycles. The minimum Gasteiger partial charge on any atom is -0.481 e. The molecule has 0 saturated carbocycles. The van der Waals surface area contributed by atoms with Gasteiger partial charge in [0.2, 0.25) is 0 Å². The molecule has 2 rings (SSSR count). The van der Waals surface area contributed by atoms with Crippen molar-refractivity contribution < 1.29 is 9.53 Å². The number of amides is 1. The van der Waals surface area contributed by atoms with Gasteiger partial charge >= 0.3 is 0 Å². The summed E-state index contributed by atoms with van der Waals surface area (Å²) in [7, 11) is 0. The summed E-state index contributed by atoms with van der Waals surface area (Å²) in [6, 6.07) is 11.6. The number of hydrogen-bond acceptors (Lipinski definition) is 2. The number of aryl methyl sites for hydroxylation is 3. The molecule has 4 heteroatoms. The largest absolute Gasteiger partial charge is 0.481 e. The SMILES string of the molecule is CC[C@@H](Oc1ccc(Cl)c(C)c1)C(=O)N[C@H](C)c1ccc(C)cc1C. The summed E-state index contributed by atoms with van der Waals surface area (Å²) in [5, 5.41) is 3.75. The summed E-state index contributed by atoms with van der Waals surface area (Å²) in [5.74, 6) is 0.547. The summed E-state index contributed by atoms with van der Waals surface area (Å²) in [6.07, 6.45) is 0.0568. The Morgan fingerprint density at radius 1 is 1.12 bits per heavy atom. The predicted molar refractivity (Wildman–Crippen MR) is 103 cm³/mol. The molecule has 2 aromatic rings. The first-order valence-electron chi connectivity index (χ1n) is 8.62. The average molecular weight is 360 g/mol. The third-order valence-electron chi connectivity index (χ3n) is 4.32. The van der Waals surface area contributed by atoms with Gasteiger partial charge in [-0.25, -0.2) is 0 Å². The first-order valence-corrected chi connectivity index (χ1v) is 9.00. The Kier molecular flexibility index (Phi) is 6.49. The molecule has 0 aliphatic heterocycles. The molecule has 0 fully saturated rings. The van der Waals surface area contributed by atoms with Crippen molar-refractivity contribution >= 4 is 17.5 Å². The van der Waals surface area contributed by atoms with Gasteiger partial charge in [-0.05, 0) is 69.0 Å². The number of ether oxygens (including phenoxy) is 1. The molecular weight excluding hydrogens is 334 g/mol. The zero-order valence-corrected chi connectivity index (χ0v) is 16.3. The van der Waals surface area contributed by atoms with Crippen molar-refractivity contribution in [2.24, 2.45) is 0 Å². The summed E-state index contributed by atoms with van der Waals surface area (Å²) in [6.45, 7) is 9.98. The zero-order valence-electron chi connectivity index (χ0n) is 15.5. The van der Waals surface area contributed by atoms with Gasteiger partial charge in [-0.1, -0.05) is 42.3 Å². The number of rotatable bonds is 6. The monoisotopic (exact) mass is 359 g/mol. The zero-order chi connectivity index (χ0) is 18.6. The Morgan fingerprint density at radius 3 is 2.44 bits per heavy atom. The molecule has 0 bridgehead atoms. The van der Waals surface area contributed by atoms with Crippen molar-refractivity contribution in [3.63, 3.8) is 0 Å². The summed E-state index contributed by atoms with van der Waals surface area (Å²) in [5.41, 5.74) is 4.44. The lowest BCUT2D eigenvalue weighted by Crippen LogP contribution is -2.39. The minimum atomic E-state index is -0.534. The summed E-state index contributed by atoms with van der Waals surface area (Å²) >= 11 is 6.04. The van der Waals surface area contributed by atoms with Crippen LogP contribution in [0.15, 0.2) is 36.4 Å². The number of halogens is 1. The molecule has 1 amide bonds. The van der Waals surface area contributed by atoms with Crippen LogP contribution in [0.3, 0.4) is 0 Å². The van der Waals surface area contributed by atoms with E-state index in [4.69, 9.17) is 16.3 Å². The van der Waals surface area contributed by atoms with Gasteiger partial charge in [0, 0.05) is 5.02 Å². The van der Waals surface area contributed by atoms with Crippen molar-refractivity contribution in [1.29, 1.82) is 0 Å². The minimum absolute atomic E-state index is 0.0716. The van der Waals surface area contributed by atoms with Crippen LogP contribution in [0.1, 0.15) is 48.6 Å². The molecule has 2 aromatic carbocycles. The van der Waals surface area contributed by atoms with Gasteiger partial charge in [0.25, 0.3) is 5.91 Å². The van der Waals surface area contributed by atoms with E-state index >= 15 is 0 Å². The summed E-state index contributed by atoms with van der Waals surface area (Å²) < 4.78 is 5.88. The van der Waals surface area contributed by atoms with E-state index in [9.17, 15) is 4.79 Å². The highest BCUT2D eigenvalue weighted by Crippen LogP contribution is 2.23. The predicted octanol–water partition coefficient (Wildman–Crippen LogP) is 5.30. The maximum atomic E-state index is 12.6. The van der Waals surface area contributed by atoms with Crippen molar-refractivity contribution in [3.05, 3.63) is 63.7 Å². The van der Waals surface area contributed by atoms with E-state index in [1.807, 2.05) is 26.8 Å². The van der Waals surface area contributed by atoms with E-state index in [0.29, 0.717) is 17.2 Å². The number of benzene rings is 2. The van der Waals surface area contributed by atoms with Crippen LogP contribution in [0.4, 0.5) is 0 Å². The molecule has 0 heterocycles. The second-order valence-corrected chi connectivity index (χ2v) is 6.92. The molecule has 0 aromatic heterocycles. The molecule has 0 aliphatic rings.